The Labute approximate surface area is 151 Å². The number of carbonyl (C=O) groups is 3. The maximum atomic E-state index is 12.4. The van der Waals surface area contributed by atoms with Crippen molar-refractivity contribution in [3.63, 3.8) is 0 Å². The van der Waals surface area contributed by atoms with Gasteiger partial charge in [-0.3, -0.25) is 9.59 Å². The maximum Gasteiger partial charge on any atom is 0.330 e. The van der Waals surface area contributed by atoms with Gasteiger partial charge in [-0.15, -0.1) is 0 Å². The summed E-state index contributed by atoms with van der Waals surface area (Å²) in [5.41, 5.74) is 1.54. The third-order valence-corrected chi connectivity index (χ3v) is 4.02. The number of carboxylic acids is 2. The zero-order chi connectivity index (χ0) is 19.1. The molecule has 0 aliphatic carbocycles. The molecule has 0 aliphatic rings. The maximum absolute atomic E-state index is 12.4. The normalized spacial score (nSPS) is 12.8. The largest absolute Gasteiger partial charge is 0.481 e. The number of amides is 1. The molecule has 0 radical (unpaired) electrons. The van der Waals surface area contributed by atoms with Crippen molar-refractivity contribution in [2.75, 3.05) is 0 Å². The van der Waals surface area contributed by atoms with E-state index in [1.54, 1.807) is 61.5 Å². The Morgan fingerprint density at radius 1 is 0.962 bits per heavy atom. The van der Waals surface area contributed by atoms with Crippen LogP contribution in [0.3, 0.4) is 0 Å². The summed E-state index contributed by atoms with van der Waals surface area (Å²) in [6, 6.07) is 14.0. The molecule has 2 atom stereocenters. The van der Waals surface area contributed by atoms with Gasteiger partial charge in [0.15, 0.2) is 6.04 Å². The third kappa shape index (κ3) is 5.17. The predicted octanol–water partition coefficient (Wildman–Crippen LogP) is 2.90. The van der Waals surface area contributed by atoms with Gasteiger partial charge in [0, 0.05) is 12.0 Å². The number of benzene rings is 2. The van der Waals surface area contributed by atoms with E-state index in [1.165, 1.54) is 0 Å². The highest BCUT2D eigenvalue weighted by Gasteiger charge is 2.25. The number of nitrogens with one attached hydrogen (secondary N) is 1. The quantitative estimate of drug-likeness (QED) is 0.675. The van der Waals surface area contributed by atoms with E-state index in [-0.39, 0.29) is 12.3 Å². The lowest BCUT2D eigenvalue weighted by atomic mass is 9.91. The average molecular weight is 355 g/mol. The van der Waals surface area contributed by atoms with E-state index >= 15 is 0 Å². The number of aliphatic carboxylic acids is 2. The minimum Gasteiger partial charge on any atom is -0.481 e. The zero-order valence-electron chi connectivity index (χ0n) is 14.4. The van der Waals surface area contributed by atoms with Gasteiger partial charge in [0.1, 0.15) is 0 Å². The van der Waals surface area contributed by atoms with Gasteiger partial charge >= 0.3 is 11.9 Å². The lowest BCUT2D eigenvalue weighted by Crippen LogP contribution is -2.34. The Hall–Kier alpha value is -3.15. The van der Waals surface area contributed by atoms with Gasteiger partial charge in [0.05, 0.1) is 0 Å². The van der Waals surface area contributed by atoms with Crippen molar-refractivity contribution in [3.05, 3.63) is 71.3 Å². The van der Waals surface area contributed by atoms with E-state index in [1.807, 2.05) is 0 Å². The number of hydrogen-bond acceptors (Lipinski definition) is 3. The summed E-state index contributed by atoms with van der Waals surface area (Å²) in [6.45, 7) is 1.79. The first-order chi connectivity index (χ1) is 12.4. The molecule has 6 heteroatoms. The van der Waals surface area contributed by atoms with Gasteiger partial charge in [0.2, 0.25) is 0 Å². The molecule has 3 N–H and O–H groups in total. The first-order valence-electron chi connectivity index (χ1n) is 8.26. The van der Waals surface area contributed by atoms with Crippen molar-refractivity contribution in [1.82, 2.24) is 5.32 Å². The van der Waals surface area contributed by atoms with E-state index in [9.17, 15) is 19.5 Å². The molecule has 136 valence electrons. The van der Waals surface area contributed by atoms with Crippen molar-refractivity contribution in [2.24, 2.45) is 5.92 Å². The summed E-state index contributed by atoms with van der Waals surface area (Å²) >= 11 is 0. The van der Waals surface area contributed by atoms with E-state index in [0.717, 1.165) is 0 Å². The second kappa shape index (κ2) is 8.80. The van der Waals surface area contributed by atoms with Crippen LogP contribution in [0, 0.1) is 5.92 Å². The second-order valence-electron chi connectivity index (χ2n) is 6.22. The summed E-state index contributed by atoms with van der Waals surface area (Å²) in [4.78, 5) is 35.0. The van der Waals surface area contributed by atoms with Crippen LogP contribution in [-0.2, 0) is 16.0 Å². The molecule has 2 rings (SSSR count). The van der Waals surface area contributed by atoms with Crippen LogP contribution in [0.4, 0.5) is 0 Å². The van der Waals surface area contributed by atoms with Gasteiger partial charge in [0.25, 0.3) is 5.91 Å². The number of carboxylic acid groups (broad SMARTS) is 2. The molecule has 0 bridgehead atoms. The molecule has 0 heterocycles. The predicted molar refractivity (Wildman–Crippen MR) is 95.8 cm³/mol. The van der Waals surface area contributed by atoms with Crippen LogP contribution < -0.4 is 5.32 Å². The molecule has 0 aliphatic heterocycles. The van der Waals surface area contributed by atoms with Crippen LogP contribution >= 0.6 is 0 Å². The molecule has 0 fully saturated rings. The summed E-state index contributed by atoms with van der Waals surface area (Å²) < 4.78 is 0. The van der Waals surface area contributed by atoms with Crippen LogP contribution in [0.15, 0.2) is 54.6 Å². The fraction of sp³-hybridized carbons (Fsp3) is 0.250. The Kier molecular flexibility index (Phi) is 6.49. The van der Waals surface area contributed by atoms with Crippen molar-refractivity contribution >= 4 is 17.8 Å². The zero-order valence-corrected chi connectivity index (χ0v) is 14.4. The molecule has 0 saturated carbocycles. The highest BCUT2D eigenvalue weighted by Crippen LogP contribution is 2.23. The second-order valence-corrected chi connectivity index (χ2v) is 6.22. The smallest absolute Gasteiger partial charge is 0.330 e. The summed E-state index contributed by atoms with van der Waals surface area (Å²) in [5, 5.41) is 21.1. The van der Waals surface area contributed by atoms with Gasteiger partial charge in [-0.1, -0.05) is 49.4 Å². The fourth-order valence-electron chi connectivity index (χ4n) is 2.82. The first kappa shape index (κ1) is 19.2. The van der Waals surface area contributed by atoms with E-state index in [0.29, 0.717) is 23.1 Å². The molecule has 1 amide bonds. The Morgan fingerprint density at radius 3 is 2.19 bits per heavy atom. The van der Waals surface area contributed by atoms with Gasteiger partial charge in [-0.2, -0.15) is 0 Å². The van der Waals surface area contributed by atoms with Crippen molar-refractivity contribution in [2.45, 2.75) is 25.8 Å². The highest BCUT2D eigenvalue weighted by atomic mass is 16.4. The van der Waals surface area contributed by atoms with Gasteiger partial charge in [-0.05, 0) is 35.6 Å². The monoisotopic (exact) mass is 355 g/mol. The van der Waals surface area contributed by atoms with Crippen molar-refractivity contribution < 1.29 is 24.6 Å². The Morgan fingerprint density at radius 2 is 1.58 bits per heavy atom. The molecule has 6 nitrogen and oxygen atoms in total. The van der Waals surface area contributed by atoms with Crippen molar-refractivity contribution in [1.29, 1.82) is 0 Å². The Bertz CT molecular complexity index is 788. The lowest BCUT2D eigenvalue weighted by molar-refractivity contribution is -0.140. The van der Waals surface area contributed by atoms with Gasteiger partial charge in [-0.25, -0.2) is 4.79 Å². The van der Waals surface area contributed by atoms with Crippen LogP contribution in [0.5, 0.6) is 0 Å². The summed E-state index contributed by atoms with van der Waals surface area (Å²) in [5.74, 6) is -2.71. The highest BCUT2D eigenvalue weighted by molar-refractivity contribution is 5.96. The van der Waals surface area contributed by atoms with Gasteiger partial charge < -0.3 is 15.5 Å². The molecular formula is C20H21NO5. The average Bonchev–Trinajstić information content (AvgIpc) is 2.60. The lowest BCUT2D eigenvalue weighted by Gasteiger charge is -2.20. The van der Waals surface area contributed by atoms with Crippen LogP contribution in [-0.4, -0.2) is 28.1 Å². The SMILES string of the molecule is CC(CC(=O)O)Cc1ccccc1C(NC(=O)c1ccccc1)C(=O)O. The number of hydrogen-bond donors (Lipinski definition) is 3. The van der Waals surface area contributed by atoms with Crippen molar-refractivity contribution in [3.8, 4) is 0 Å². The standard InChI is InChI=1S/C20H21NO5/c1-13(12-17(22)23)11-15-9-5-6-10-16(15)18(20(25)26)21-19(24)14-7-3-2-4-8-14/h2-10,13,18H,11-12H2,1H3,(H,21,24)(H,22,23)(H,25,26). The topological polar surface area (TPSA) is 104 Å². The molecule has 0 aromatic heterocycles. The number of rotatable bonds is 8. The van der Waals surface area contributed by atoms with Crippen LogP contribution in [0.25, 0.3) is 0 Å². The summed E-state index contributed by atoms with van der Waals surface area (Å²) in [6.07, 6.45) is 0.399. The molecule has 2 unspecified atom stereocenters. The molecule has 26 heavy (non-hydrogen) atoms. The van der Waals surface area contributed by atoms with Crippen LogP contribution in [0.2, 0.25) is 0 Å². The third-order valence-electron chi connectivity index (χ3n) is 4.02. The molecule has 2 aromatic carbocycles. The molecular weight excluding hydrogens is 334 g/mol. The minimum absolute atomic E-state index is 0.0115. The molecule has 0 spiro atoms. The van der Waals surface area contributed by atoms with E-state index in [4.69, 9.17) is 5.11 Å². The molecule has 2 aromatic rings. The first-order valence-corrected chi connectivity index (χ1v) is 8.26. The fourth-order valence-corrected chi connectivity index (χ4v) is 2.82. The summed E-state index contributed by atoms with van der Waals surface area (Å²) in [7, 11) is 0. The minimum atomic E-state index is -1.21. The Balaban J connectivity index is 2.26. The molecule has 0 saturated heterocycles. The van der Waals surface area contributed by atoms with Crippen LogP contribution in [0.1, 0.15) is 40.9 Å². The number of carbonyl (C=O) groups excluding carboxylic acids is 1. The van der Waals surface area contributed by atoms with E-state index in [2.05, 4.69) is 5.32 Å². The van der Waals surface area contributed by atoms with E-state index < -0.39 is 23.9 Å².